The molecule has 0 spiro atoms. The molecule has 0 fully saturated rings. The minimum Gasteiger partial charge on any atom is -0.307 e. The van der Waals surface area contributed by atoms with Gasteiger partial charge in [-0.1, -0.05) is 35.1 Å². The van der Waals surface area contributed by atoms with Crippen molar-refractivity contribution in [2.75, 3.05) is 4.90 Å². The van der Waals surface area contributed by atoms with Gasteiger partial charge in [-0.25, -0.2) is 23.3 Å². The fourth-order valence-corrected chi connectivity index (χ4v) is 2.70. The largest absolute Gasteiger partial charge is 0.443 e. The third-order valence-electron chi connectivity index (χ3n) is 3.98. The smallest absolute Gasteiger partial charge is 0.307 e. The first kappa shape index (κ1) is 18.4. The van der Waals surface area contributed by atoms with Crippen LogP contribution in [0.4, 0.5) is 14.9 Å². The first-order chi connectivity index (χ1) is 12.9. The van der Waals surface area contributed by atoms with Gasteiger partial charge in [-0.2, -0.15) is 0 Å². The quantitative estimate of drug-likeness (QED) is 0.706. The predicted molar refractivity (Wildman–Crippen MR) is 97.6 cm³/mol. The van der Waals surface area contributed by atoms with Gasteiger partial charge in [0.15, 0.2) is 0 Å². The average molecular weight is 371 g/mol. The van der Waals surface area contributed by atoms with E-state index in [-0.39, 0.29) is 12.6 Å². The topological polar surface area (TPSA) is 77.5 Å². The van der Waals surface area contributed by atoms with Gasteiger partial charge < -0.3 is 4.52 Å². The van der Waals surface area contributed by atoms with E-state index < -0.39 is 23.3 Å². The number of carbonyl (C=O) groups excluding carboxylic acids is 1. The third-order valence-corrected chi connectivity index (χ3v) is 3.98. The van der Waals surface area contributed by atoms with Crippen molar-refractivity contribution in [2.24, 2.45) is 0 Å². The van der Waals surface area contributed by atoms with E-state index >= 15 is 0 Å². The number of amides is 1. The lowest BCUT2D eigenvalue weighted by molar-refractivity contribution is 0.208. The predicted octanol–water partition coefficient (Wildman–Crippen LogP) is 2.67. The molecule has 0 aliphatic rings. The van der Waals surface area contributed by atoms with Crippen LogP contribution in [0.25, 0.3) is 0 Å². The highest BCUT2D eigenvalue weighted by atomic mass is 19.1. The van der Waals surface area contributed by atoms with Crippen molar-refractivity contribution in [3.05, 3.63) is 87.0 Å². The van der Waals surface area contributed by atoms with Gasteiger partial charge >= 0.3 is 17.5 Å². The van der Waals surface area contributed by atoms with Gasteiger partial charge in [0.05, 0.1) is 6.54 Å². The molecule has 1 aromatic heterocycles. The zero-order chi connectivity index (χ0) is 19.6. The van der Waals surface area contributed by atoms with Gasteiger partial charge in [-0.05, 0) is 43.7 Å². The Kier molecular flexibility index (Phi) is 5.07. The minimum absolute atomic E-state index is 0.0134. The number of hydrogen-bond donors (Lipinski definition) is 0. The Morgan fingerprint density at radius 1 is 1.07 bits per heavy atom. The molecule has 8 heteroatoms. The number of rotatable bonds is 4. The van der Waals surface area contributed by atoms with Gasteiger partial charge in [0.25, 0.3) is 0 Å². The van der Waals surface area contributed by atoms with Crippen molar-refractivity contribution >= 4 is 11.7 Å². The number of aromatic nitrogens is 2. The molecule has 7 nitrogen and oxygen atoms in total. The van der Waals surface area contributed by atoms with E-state index in [1.807, 2.05) is 6.07 Å². The second kappa shape index (κ2) is 7.45. The van der Waals surface area contributed by atoms with Gasteiger partial charge in [-0.15, -0.1) is 0 Å². The molecular weight excluding hydrogens is 353 g/mol. The van der Waals surface area contributed by atoms with E-state index in [2.05, 4.69) is 0 Å². The van der Waals surface area contributed by atoms with E-state index in [1.165, 1.54) is 29.2 Å². The van der Waals surface area contributed by atoms with Crippen LogP contribution < -0.4 is 16.3 Å². The molecule has 0 atom stereocenters. The first-order valence-corrected chi connectivity index (χ1v) is 8.34. The summed E-state index contributed by atoms with van der Waals surface area (Å²) in [6.45, 7) is 3.44. The number of benzene rings is 2. The van der Waals surface area contributed by atoms with Crippen LogP contribution in [0.5, 0.6) is 0 Å². The summed E-state index contributed by atoms with van der Waals surface area (Å²) in [7, 11) is 0. The Balaban J connectivity index is 1.98. The number of anilines is 1. The maximum Gasteiger partial charge on any atom is 0.443 e. The van der Waals surface area contributed by atoms with Crippen LogP contribution in [0, 0.1) is 5.82 Å². The molecule has 0 unspecified atom stereocenters. The molecule has 1 heterocycles. The Hall–Kier alpha value is -3.42. The Bertz CT molecular complexity index is 1050. The first-order valence-electron chi connectivity index (χ1n) is 8.34. The summed E-state index contributed by atoms with van der Waals surface area (Å²) in [5.74, 6) is -1.38. The normalized spacial score (nSPS) is 11.0. The van der Waals surface area contributed by atoms with Gasteiger partial charge in [0.2, 0.25) is 0 Å². The second-order valence-electron chi connectivity index (χ2n) is 6.23. The monoisotopic (exact) mass is 371 g/mol. The van der Waals surface area contributed by atoms with Crippen molar-refractivity contribution in [1.82, 2.24) is 9.31 Å². The maximum atomic E-state index is 13.2. The molecule has 2 aromatic carbocycles. The van der Waals surface area contributed by atoms with Gasteiger partial charge in [0, 0.05) is 11.7 Å². The summed E-state index contributed by atoms with van der Waals surface area (Å²) in [6, 6.07) is 12.9. The summed E-state index contributed by atoms with van der Waals surface area (Å²) in [5.41, 5.74) is 0.222. The van der Waals surface area contributed by atoms with Gasteiger partial charge in [0.1, 0.15) is 5.82 Å². The molecular formula is C19H18FN3O4. The molecule has 1 amide bonds. The summed E-state index contributed by atoms with van der Waals surface area (Å²) in [6.07, 6.45) is 0. The van der Waals surface area contributed by atoms with Crippen LogP contribution in [0.1, 0.15) is 19.4 Å². The molecule has 140 valence electrons. The van der Waals surface area contributed by atoms with Crippen molar-refractivity contribution in [1.29, 1.82) is 0 Å². The maximum absolute atomic E-state index is 13.2. The Morgan fingerprint density at radius 2 is 1.70 bits per heavy atom. The van der Waals surface area contributed by atoms with Crippen molar-refractivity contribution in [2.45, 2.75) is 26.4 Å². The van der Waals surface area contributed by atoms with Crippen LogP contribution >= 0.6 is 0 Å². The number of hydrogen-bond acceptors (Lipinski definition) is 4. The minimum atomic E-state index is -0.931. The van der Waals surface area contributed by atoms with E-state index in [4.69, 9.17) is 4.52 Å². The van der Waals surface area contributed by atoms with Crippen LogP contribution in [-0.2, 0) is 6.54 Å². The SMILES string of the molecule is CC(C)N(C(=O)n1oc(=O)n(Cc2ccccc2)c1=O)c1ccc(F)cc1. The van der Waals surface area contributed by atoms with Crippen molar-refractivity contribution < 1.29 is 13.7 Å². The average Bonchev–Trinajstić information content (AvgIpc) is 2.92. The van der Waals surface area contributed by atoms with E-state index in [0.29, 0.717) is 10.4 Å². The van der Waals surface area contributed by atoms with E-state index in [9.17, 15) is 18.8 Å². The second-order valence-corrected chi connectivity index (χ2v) is 6.23. The molecule has 3 rings (SSSR count). The molecule has 0 saturated carbocycles. The van der Waals surface area contributed by atoms with Crippen LogP contribution in [0.2, 0.25) is 0 Å². The summed E-state index contributed by atoms with van der Waals surface area (Å²) < 4.78 is 19.4. The molecule has 27 heavy (non-hydrogen) atoms. The number of nitrogens with zero attached hydrogens (tertiary/aromatic N) is 3. The zero-order valence-electron chi connectivity index (χ0n) is 14.8. The zero-order valence-corrected chi connectivity index (χ0v) is 14.8. The number of halogens is 1. The lowest BCUT2D eigenvalue weighted by Gasteiger charge is -2.25. The van der Waals surface area contributed by atoms with E-state index in [1.54, 1.807) is 38.1 Å². The summed E-state index contributed by atoms with van der Waals surface area (Å²) >= 11 is 0. The molecule has 0 aliphatic carbocycles. The van der Waals surface area contributed by atoms with Crippen molar-refractivity contribution in [3.8, 4) is 0 Å². The summed E-state index contributed by atoms with van der Waals surface area (Å²) in [4.78, 5) is 38.8. The lowest BCUT2D eigenvalue weighted by Crippen LogP contribution is -2.44. The molecule has 0 bridgehead atoms. The third kappa shape index (κ3) is 3.74. The molecule has 3 aromatic rings. The highest BCUT2D eigenvalue weighted by Crippen LogP contribution is 2.18. The lowest BCUT2D eigenvalue weighted by atomic mass is 10.2. The van der Waals surface area contributed by atoms with Crippen molar-refractivity contribution in [3.63, 3.8) is 0 Å². The Labute approximate surface area is 153 Å². The highest BCUT2D eigenvalue weighted by molar-refractivity contribution is 5.93. The summed E-state index contributed by atoms with van der Waals surface area (Å²) in [5, 5.41) is 0. The standard InChI is InChI=1S/C19H18FN3O4/c1-13(2)22(16-10-8-15(20)9-11-16)18(25)23-17(24)21(19(26)27-23)12-14-6-4-3-5-7-14/h3-11,13H,12H2,1-2H3. The van der Waals surface area contributed by atoms with E-state index in [0.717, 1.165) is 10.1 Å². The molecule has 0 N–H and O–H groups in total. The van der Waals surface area contributed by atoms with Crippen LogP contribution in [-0.4, -0.2) is 21.4 Å². The van der Waals surface area contributed by atoms with Gasteiger partial charge in [-0.3, -0.25) is 4.90 Å². The van der Waals surface area contributed by atoms with Crippen LogP contribution in [0.15, 0.2) is 68.7 Å². The number of carbonyl (C=O) groups is 1. The molecule has 0 aliphatic heterocycles. The highest BCUT2D eigenvalue weighted by Gasteiger charge is 2.26. The van der Waals surface area contributed by atoms with Crippen LogP contribution in [0.3, 0.4) is 0 Å². The fraction of sp³-hybridized carbons (Fsp3) is 0.211. The fourth-order valence-electron chi connectivity index (χ4n) is 2.70. The Morgan fingerprint density at radius 3 is 2.30 bits per heavy atom. The molecule has 0 radical (unpaired) electrons. The molecule has 0 saturated heterocycles.